The van der Waals surface area contributed by atoms with E-state index in [2.05, 4.69) is 21.1 Å². The Hall–Kier alpha value is -0.880. The number of carbonyl (C=O) groups is 1. The largest absolute Gasteiger partial charge is 0.360 e. The minimum absolute atomic E-state index is 0.0868. The van der Waals surface area contributed by atoms with Gasteiger partial charge in [-0.05, 0) is 88.0 Å². The van der Waals surface area contributed by atoms with Crippen LogP contribution in [0.25, 0.3) is 0 Å². The third-order valence-electron chi connectivity index (χ3n) is 5.86. The van der Waals surface area contributed by atoms with Crippen molar-refractivity contribution in [1.82, 2.24) is 21.1 Å². The summed E-state index contributed by atoms with van der Waals surface area (Å²) in [6.45, 7) is 1.67. The first-order valence-electron chi connectivity index (χ1n) is 8.91. The summed E-state index contributed by atoms with van der Waals surface area (Å²) in [5, 5.41) is 3.58. The quantitative estimate of drug-likeness (QED) is 0.526. The molecule has 23 heavy (non-hydrogen) atoms. The van der Waals surface area contributed by atoms with E-state index in [1.807, 2.05) is 14.1 Å². The van der Waals surface area contributed by atoms with Crippen molar-refractivity contribution in [1.29, 1.82) is 0 Å². The standard InChI is InChI=1S/C17H30N4OS/c1-21(2)4-3-18-16(23)20-19-15(22)11-17-8-12-5-13(9-17)7-14(6-12)10-17/h12-14H,3-11H2,1-2H3,(H,19,22)(H2,18,20,23). The molecule has 0 radical (unpaired) electrons. The van der Waals surface area contributed by atoms with Gasteiger partial charge in [0, 0.05) is 19.5 Å². The van der Waals surface area contributed by atoms with E-state index in [1.54, 1.807) is 0 Å². The number of thiocarbonyl (C=S) groups is 1. The molecule has 0 saturated heterocycles. The van der Waals surface area contributed by atoms with Gasteiger partial charge in [0.05, 0.1) is 0 Å². The van der Waals surface area contributed by atoms with Gasteiger partial charge in [-0.1, -0.05) is 0 Å². The number of hydrogen-bond donors (Lipinski definition) is 3. The Morgan fingerprint density at radius 3 is 2.17 bits per heavy atom. The normalized spacial score (nSPS) is 34.5. The van der Waals surface area contributed by atoms with Gasteiger partial charge in [0.25, 0.3) is 0 Å². The summed E-state index contributed by atoms with van der Waals surface area (Å²) < 4.78 is 0. The van der Waals surface area contributed by atoms with Crippen LogP contribution >= 0.6 is 12.2 Å². The average molecular weight is 339 g/mol. The lowest BCUT2D eigenvalue weighted by Gasteiger charge is -2.56. The molecule has 4 bridgehead atoms. The van der Waals surface area contributed by atoms with Crippen LogP contribution in [0.1, 0.15) is 44.9 Å². The van der Waals surface area contributed by atoms with Crippen molar-refractivity contribution in [2.24, 2.45) is 23.2 Å². The fourth-order valence-corrected chi connectivity index (χ4v) is 5.61. The lowest BCUT2D eigenvalue weighted by molar-refractivity contribution is -0.130. The molecule has 4 saturated carbocycles. The fourth-order valence-electron chi connectivity index (χ4n) is 5.46. The third kappa shape index (κ3) is 4.35. The maximum absolute atomic E-state index is 12.3. The second-order valence-corrected chi connectivity index (χ2v) is 8.73. The second-order valence-electron chi connectivity index (χ2n) is 8.33. The summed E-state index contributed by atoms with van der Waals surface area (Å²) in [5.41, 5.74) is 5.91. The Morgan fingerprint density at radius 1 is 1.09 bits per heavy atom. The van der Waals surface area contributed by atoms with Gasteiger partial charge in [-0.25, -0.2) is 0 Å². The van der Waals surface area contributed by atoms with Crippen LogP contribution in [0.4, 0.5) is 0 Å². The zero-order chi connectivity index (χ0) is 16.4. The molecule has 4 aliphatic rings. The van der Waals surface area contributed by atoms with Gasteiger partial charge in [0.2, 0.25) is 5.91 Å². The molecule has 0 heterocycles. The number of amides is 1. The molecule has 1 amide bonds. The molecule has 130 valence electrons. The van der Waals surface area contributed by atoms with Crippen molar-refractivity contribution in [3.8, 4) is 0 Å². The molecule has 0 aromatic carbocycles. The number of rotatable bonds is 5. The van der Waals surface area contributed by atoms with Crippen molar-refractivity contribution < 1.29 is 4.79 Å². The molecule has 0 aliphatic heterocycles. The van der Waals surface area contributed by atoms with Crippen molar-refractivity contribution in [3.63, 3.8) is 0 Å². The van der Waals surface area contributed by atoms with Crippen LogP contribution in [0.3, 0.4) is 0 Å². The second kappa shape index (κ2) is 6.93. The Labute approximate surface area is 144 Å². The predicted molar refractivity (Wildman–Crippen MR) is 95.7 cm³/mol. The van der Waals surface area contributed by atoms with Crippen LogP contribution in [0.15, 0.2) is 0 Å². The SMILES string of the molecule is CN(C)CCNC(=S)NNC(=O)CC12CC3CC(CC(C3)C1)C2. The number of carbonyl (C=O) groups excluding carboxylic acids is 1. The van der Waals surface area contributed by atoms with E-state index in [9.17, 15) is 4.79 Å². The topological polar surface area (TPSA) is 56.4 Å². The summed E-state index contributed by atoms with van der Waals surface area (Å²) in [6.07, 6.45) is 8.69. The highest BCUT2D eigenvalue weighted by Crippen LogP contribution is 2.61. The van der Waals surface area contributed by atoms with Gasteiger partial charge >= 0.3 is 0 Å². The highest BCUT2D eigenvalue weighted by Gasteiger charge is 2.51. The van der Waals surface area contributed by atoms with E-state index in [0.29, 0.717) is 11.5 Å². The molecule has 4 rings (SSSR count). The summed E-state index contributed by atoms with van der Waals surface area (Å²) in [7, 11) is 4.04. The van der Waals surface area contributed by atoms with E-state index < -0.39 is 0 Å². The number of nitrogens with one attached hydrogen (secondary N) is 3. The number of hydrazine groups is 1. The molecular formula is C17H30N4OS. The Balaban J connectivity index is 1.40. The molecule has 0 spiro atoms. The van der Waals surface area contributed by atoms with Crippen molar-refractivity contribution in [2.45, 2.75) is 44.9 Å². The number of likely N-dealkylation sites (N-methyl/N-ethyl adjacent to an activating group) is 1. The molecule has 6 heteroatoms. The monoisotopic (exact) mass is 338 g/mol. The minimum Gasteiger partial charge on any atom is -0.360 e. The van der Waals surface area contributed by atoms with Crippen molar-refractivity contribution in [3.05, 3.63) is 0 Å². The Morgan fingerprint density at radius 2 is 1.65 bits per heavy atom. The first-order valence-corrected chi connectivity index (χ1v) is 9.32. The van der Waals surface area contributed by atoms with Crippen LogP contribution in [0, 0.1) is 23.2 Å². The summed E-state index contributed by atoms with van der Waals surface area (Å²) >= 11 is 5.19. The third-order valence-corrected chi connectivity index (χ3v) is 6.11. The smallest absolute Gasteiger partial charge is 0.238 e. The summed E-state index contributed by atoms with van der Waals surface area (Å²) in [4.78, 5) is 14.4. The lowest BCUT2D eigenvalue weighted by atomic mass is 9.49. The maximum Gasteiger partial charge on any atom is 0.238 e. The molecular weight excluding hydrogens is 308 g/mol. The Kier molecular flexibility index (Phi) is 5.11. The van der Waals surface area contributed by atoms with Crippen LogP contribution in [0.2, 0.25) is 0 Å². The number of hydrogen-bond acceptors (Lipinski definition) is 3. The first kappa shape index (κ1) is 17.0. The van der Waals surface area contributed by atoms with E-state index in [1.165, 1.54) is 38.5 Å². The molecule has 0 aromatic rings. The number of nitrogens with zero attached hydrogens (tertiary/aromatic N) is 1. The van der Waals surface area contributed by atoms with Crippen LogP contribution in [-0.4, -0.2) is 43.1 Å². The van der Waals surface area contributed by atoms with E-state index >= 15 is 0 Å². The van der Waals surface area contributed by atoms with Crippen molar-refractivity contribution >= 4 is 23.2 Å². The highest BCUT2D eigenvalue weighted by atomic mass is 32.1. The molecule has 5 nitrogen and oxygen atoms in total. The molecule has 0 aromatic heterocycles. The fraction of sp³-hybridized carbons (Fsp3) is 0.882. The zero-order valence-corrected chi connectivity index (χ0v) is 15.2. The van der Waals surface area contributed by atoms with E-state index in [-0.39, 0.29) is 11.3 Å². The maximum atomic E-state index is 12.3. The van der Waals surface area contributed by atoms with Crippen LogP contribution in [-0.2, 0) is 4.79 Å². The van der Waals surface area contributed by atoms with Gasteiger partial charge in [-0.3, -0.25) is 15.6 Å². The summed E-state index contributed by atoms with van der Waals surface area (Å²) in [6, 6.07) is 0. The van der Waals surface area contributed by atoms with E-state index in [4.69, 9.17) is 12.2 Å². The van der Waals surface area contributed by atoms with Crippen molar-refractivity contribution in [2.75, 3.05) is 27.2 Å². The first-order chi connectivity index (χ1) is 10.9. The van der Waals surface area contributed by atoms with Crippen LogP contribution < -0.4 is 16.2 Å². The Bertz CT molecular complexity index is 430. The highest BCUT2D eigenvalue weighted by molar-refractivity contribution is 7.80. The minimum atomic E-state index is 0.0868. The van der Waals surface area contributed by atoms with Crippen LogP contribution in [0.5, 0.6) is 0 Å². The van der Waals surface area contributed by atoms with Gasteiger partial charge in [0.1, 0.15) is 0 Å². The molecule has 3 N–H and O–H groups in total. The molecule has 4 fully saturated rings. The van der Waals surface area contributed by atoms with E-state index in [0.717, 1.165) is 30.8 Å². The predicted octanol–water partition coefficient (Wildman–Crippen LogP) is 1.65. The van der Waals surface area contributed by atoms with Gasteiger partial charge in [-0.2, -0.15) is 0 Å². The molecule has 0 atom stereocenters. The van der Waals surface area contributed by atoms with Gasteiger partial charge < -0.3 is 10.2 Å². The molecule has 0 unspecified atom stereocenters. The molecule has 4 aliphatic carbocycles. The van der Waals surface area contributed by atoms with Gasteiger partial charge in [0.15, 0.2) is 5.11 Å². The lowest BCUT2D eigenvalue weighted by Crippen LogP contribution is -2.51. The average Bonchev–Trinajstić information content (AvgIpc) is 2.42. The zero-order valence-electron chi connectivity index (χ0n) is 14.4. The van der Waals surface area contributed by atoms with Gasteiger partial charge in [-0.15, -0.1) is 0 Å². The summed E-state index contributed by atoms with van der Waals surface area (Å²) in [5.74, 6) is 2.74.